The van der Waals surface area contributed by atoms with Crippen LogP contribution in [0.4, 0.5) is 0 Å². The smallest absolute Gasteiger partial charge is 0.295 e. The van der Waals surface area contributed by atoms with Gasteiger partial charge in [-0.15, -0.1) is 0 Å². The Hall–Kier alpha value is -4.54. The number of H-pyrrole nitrogens is 1. The molecule has 4 heterocycles. The normalized spacial score (nSPS) is 16.3. The second-order valence-electron chi connectivity index (χ2n) is 9.44. The summed E-state index contributed by atoms with van der Waals surface area (Å²) in [6.07, 6.45) is 6.14. The summed E-state index contributed by atoms with van der Waals surface area (Å²) in [5.41, 5.74) is 0.922. The zero-order valence-corrected chi connectivity index (χ0v) is 20.5. The summed E-state index contributed by atoms with van der Waals surface area (Å²) < 4.78 is 6.98. The van der Waals surface area contributed by atoms with E-state index in [0.29, 0.717) is 46.9 Å². The highest BCUT2D eigenvalue weighted by Gasteiger charge is 2.54. The van der Waals surface area contributed by atoms with E-state index in [1.807, 2.05) is 23.1 Å². The van der Waals surface area contributed by atoms with E-state index in [0.717, 1.165) is 12.8 Å². The van der Waals surface area contributed by atoms with Crippen LogP contribution in [-0.2, 0) is 4.79 Å². The molecule has 0 bridgehead atoms. The lowest BCUT2D eigenvalue weighted by Crippen LogP contribution is -2.59. The van der Waals surface area contributed by atoms with Crippen LogP contribution in [0.15, 0.2) is 49.1 Å². The van der Waals surface area contributed by atoms with Gasteiger partial charge in [-0.2, -0.15) is 5.10 Å². The van der Waals surface area contributed by atoms with E-state index in [-0.39, 0.29) is 18.0 Å². The fourth-order valence-electron chi connectivity index (χ4n) is 5.10. The monoisotopic (exact) mass is 499 g/mol. The molecule has 11 nitrogen and oxygen atoms in total. The highest BCUT2D eigenvalue weighted by molar-refractivity contribution is 6.45. The standard InChI is InChI=1S/C26H25N7O4/c1-16-29-15-33(30-16)23-21-20(19(37-2)13-28-23)18(12-27-21)22(34)25(36)31-10-11-32(26(14-31)8-9-26)24(35)17-6-4-3-5-7-17/h3-7,12-13,15,27H,8-11,14H2,1-2H3. The molecule has 1 saturated heterocycles. The summed E-state index contributed by atoms with van der Waals surface area (Å²) in [6.45, 7) is 2.76. The fraction of sp³-hybridized carbons (Fsp3) is 0.308. The third-order valence-electron chi connectivity index (χ3n) is 7.17. The summed E-state index contributed by atoms with van der Waals surface area (Å²) in [7, 11) is 1.48. The average Bonchev–Trinajstić information content (AvgIpc) is 3.32. The molecular formula is C26H25N7O4. The van der Waals surface area contributed by atoms with Gasteiger partial charge in [0.25, 0.3) is 17.6 Å². The molecule has 0 unspecified atom stereocenters. The van der Waals surface area contributed by atoms with Crippen molar-refractivity contribution < 1.29 is 19.1 Å². The number of aromatic amines is 1. The van der Waals surface area contributed by atoms with Crippen LogP contribution in [0, 0.1) is 6.92 Å². The number of amides is 2. The number of carbonyl (C=O) groups is 3. The van der Waals surface area contributed by atoms with E-state index in [9.17, 15) is 14.4 Å². The molecule has 1 aromatic carbocycles. The molecule has 11 heteroatoms. The van der Waals surface area contributed by atoms with Crippen LogP contribution in [0.3, 0.4) is 0 Å². The molecule has 2 amide bonds. The summed E-state index contributed by atoms with van der Waals surface area (Å²) in [5, 5.41) is 4.76. The maximum absolute atomic E-state index is 13.5. The second-order valence-corrected chi connectivity index (χ2v) is 9.44. The van der Waals surface area contributed by atoms with Crippen molar-refractivity contribution in [1.29, 1.82) is 0 Å². The molecule has 188 valence electrons. The Kier molecular flexibility index (Phi) is 5.28. The van der Waals surface area contributed by atoms with E-state index in [1.54, 1.807) is 24.0 Å². The average molecular weight is 500 g/mol. The number of hydrogen-bond donors (Lipinski definition) is 1. The van der Waals surface area contributed by atoms with Crippen LogP contribution >= 0.6 is 0 Å². The van der Waals surface area contributed by atoms with Gasteiger partial charge in [0.15, 0.2) is 5.82 Å². The van der Waals surface area contributed by atoms with Gasteiger partial charge >= 0.3 is 0 Å². The first-order chi connectivity index (χ1) is 17.9. The van der Waals surface area contributed by atoms with Gasteiger partial charge in [-0.3, -0.25) is 14.4 Å². The summed E-state index contributed by atoms with van der Waals surface area (Å²) in [5.74, 6) is 0.0906. The molecule has 3 aromatic heterocycles. The number of ether oxygens (including phenoxy) is 1. The lowest BCUT2D eigenvalue weighted by molar-refractivity contribution is -0.129. The minimum Gasteiger partial charge on any atom is -0.494 e. The number of fused-ring (bicyclic) bond motifs is 1. The van der Waals surface area contributed by atoms with Crippen molar-refractivity contribution in [2.45, 2.75) is 25.3 Å². The highest BCUT2D eigenvalue weighted by atomic mass is 16.5. The molecule has 1 aliphatic heterocycles. The summed E-state index contributed by atoms with van der Waals surface area (Å²) >= 11 is 0. The number of aryl methyl sites for hydroxylation is 1. The van der Waals surface area contributed by atoms with Crippen LogP contribution in [0.2, 0.25) is 0 Å². The Labute approximate surface area is 212 Å². The van der Waals surface area contributed by atoms with Gasteiger partial charge in [0, 0.05) is 31.4 Å². The molecule has 0 radical (unpaired) electrons. The van der Waals surface area contributed by atoms with Gasteiger partial charge in [-0.05, 0) is 31.9 Å². The van der Waals surface area contributed by atoms with E-state index in [2.05, 4.69) is 20.1 Å². The van der Waals surface area contributed by atoms with Crippen LogP contribution in [0.5, 0.6) is 5.75 Å². The fourth-order valence-corrected chi connectivity index (χ4v) is 5.10. The van der Waals surface area contributed by atoms with Gasteiger partial charge in [0.1, 0.15) is 17.9 Å². The third kappa shape index (κ3) is 3.74. The zero-order chi connectivity index (χ0) is 25.7. The predicted molar refractivity (Wildman–Crippen MR) is 133 cm³/mol. The van der Waals surface area contributed by atoms with Crippen LogP contribution in [0.1, 0.15) is 39.4 Å². The predicted octanol–water partition coefficient (Wildman–Crippen LogP) is 2.16. The van der Waals surface area contributed by atoms with Gasteiger partial charge in [0.05, 0.1) is 35.3 Å². The van der Waals surface area contributed by atoms with Gasteiger partial charge in [-0.1, -0.05) is 18.2 Å². The van der Waals surface area contributed by atoms with Crippen molar-refractivity contribution in [3.63, 3.8) is 0 Å². The number of benzene rings is 1. The van der Waals surface area contributed by atoms with E-state index in [1.165, 1.54) is 30.5 Å². The number of pyridine rings is 1. The molecule has 1 aliphatic carbocycles. The molecule has 0 atom stereocenters. The van der Waals surface area contributed by atoms with E-state index < -0.39 is 17.2 Å². The second kappa shape index (κ2) is 8.54. The first kappa shape index (κ1) is 22.9. The molecule has 37 heavy (non-hydrogen) atoms. The molecule has 1 saturated carbocycles. The maximum atomic E-state index is 13.5. The summed E-state index contributed by atoms with van der Waals surface area (Å²) in [6, 6.07) is 9.15. The number of ketones is 1. The van der Waals surface area contributed by atoms with Crippen LogP contribution in [-0.4, -0.2) is 84.4 Å². The van der Waals surface area contributed by atoms with Crippen molar-refractivity contribution in [2.75, 3.05) is 26.7 Å². The van der Waals surface area contributed by atoms with Crippen LogP contribution < -0.4 is 4.74 Å². The lowest BCUT2D eigenvalue weighted by atomic mass is 10.0. The topological polar surface area (TPSA) is 126 Å². The third-order valence-corrected chi connectivity index (χ3v) is 7.17. The molecule has 1 N–H and O–H groups in total. The van der Waals surface area contributed by atoms with Crippen molar-refractivity contribution in [3.8, 4) is 11.6 Å². The van der Waals surface area contributed by atoms with Crippen molar-refractivity contribution in [3.05, 3.63) is 66.0 Å². The van der Waals surface area contributed by atoms with Gasteiger partial charge in [-0.25, -0.2) is 14.6 Å². The quantitative estimate of drug-likeness (QED) is 0.329. The zero-order valence-electron chi connectivity index (χ0n) is 20.5. The Morgan fingerprint density at radius 1 is 1.08 bits per heavy atom. The number of piperazine rings is 1. The van der Waals surface area contributed by atoms with Gasteiger partial charge < -0.3 is 19.5 Å². The van der Waals surface area contributed by atoms with Gasteiger partial charge in [0.2, 0.25) is 0 Å². The molecule has 1 spiro atoms. The number of rotatable bonds is 5. The Morgan fingerprint density at radius 2 is 1.86 bits per heavy atom. The number of carbonyl (C=O) groups excluding carboxylic acids is 3. The molecule has 6 rings (SSSR count). The maximum Gasteiger partial charge on any atom is 0.295 e. The van der Waals surface area contributed by atoms with E-state index in [4.69, 9.17) is 4.74 Å². The van der Waals surface area contributed by atoms with Crippen molar-refractivity contribution in [1.82, 2.24) is 34.5 Å². The number of methoxy groups -OCH3 is 1. The molecule has 2 aliphatic rings. The van der Waals surface area contributed by atoms with Crippen LogP contribution in [0.25, 0.3) is 16.7 Å². The minimum absolute atomic E-state index is 0.0405. The number of Topliss-reactive ketones (excluding diaryl/α,β-unsaturated/α-hetero) is 1. The van der Waals surface area contributed by atoms with Crippen molar-refractivity contribution >= 4 is 28.5 Å². The minimum atomic E-state index is -0.643. The Morgan fingerprint density at radius 3 is 2.54 bits per heavy atom. The molecule has 2 fully saturated rings. The van der Waals surface area contributed by atoms with E-state index >= 15 is 0 Å². The number of aromatic nitrogens is 5. The molecule has 4 aromatic rings. The molecular weight excluding hydrogens is 474 g/mol. The Balaban J connectivity index is 1.27. The largest absolute Gasteiger partial charge is 0.494 e. The number of nitrogens with zero attached hydrogens (tertiary/aromatic N) is 6. The van der Waals surface area contributed by atoms with Crippen molar-refractivity contribution in [2.24, 2.45) is 0 Å². The highest BCUT2D eigenvalue weighted by Crippen LogP contribution is 2.45. The lowest BCUT2D eigenvalue weighted by Gasteiger charge is -2.42. The number of hydrogen-bond acceptors (Lipinski definition) is 7. The SMILES string of the molecule is COc1cnc(-n2cnc(C)n2)c2[nH]cc(C(=O)C(=O)N3CCN(C(=O)c4ccccc4)C4(CC4)C3)c12. The Bertz CT molecular complexity index is 1540. The first-order valence-electron chi connectivity index (χ1n) is 12.1. The summed E-state index contributed by atoms with van der Waals surface area (Å²) in [4.78, 5) is 55.1. The first-order valence-corrected chi connectivity index (χ1v) is 12.1. The number of nitrogens with one attached hydrogen (secondary N) is 1.